The second-order valence-electron chi connectivity index (χ2n) is 3.84. The first-order valence-corrected chi connectivity index (χ1v) is 13.1. The van der Waals surface area contributed by atoms with Crippen molar-refractivity contribution in [3.8, 4) is 0 Å². The van der Waals surface area contributed by atoms with Crippen LogP contribution in [0.1, 0.15) is 25.7 Å². The van der Waals surface area contributed by atoms with E-state index in [4.69, 9.17) is 0 Å². The first-order valence-electron chi connectivity index (χ1n) is 4.40. The SMILES string of the molecule is [CH3][Hg][CH]1CC2CCC1C2. The summed E-state index contributed by atoms with van der Waals surface area (Å²) in [5.74, 6) is 2.46. The molecule has 2 bridgehead atoms. The summed E-state index contributed by atoms with van der Waals surface area (Å²) in [7, 11) is 0. The summed E-state index contributed by atoms with van der Waals surface area (Å²) in [6.45, 7) is 0. The van der Waals surface area contributed by atoms with Gasteiger partial charge in [-0.1, -0.05) is 0 Å². The number of hydrogen-bond donors (Lipinski definition) is 0. The molecule has 0 aliphatic heterocycles. The molecule has 0 aromatic rings. The molecule has 0 N–H and O–H groups in total. The van der Waals surface area contributed by atoms with Crippen LogP contribution in [0.25, 0.3) is 0 Å². The molecule has 0 nitrogen and oxygen atoms in total. The molecule has 0 amide bonds. The molecule has 9 heavy (non-hydrogen) atoms. The van der Waals surface area contributed by atoms with Gasteiger partial charge in [0.15, 0.2) is 0 Å². The Morgan fingerprint density at radius 3 is 2.44 bits per heavy atom. The Bertz CT molecular complexity index is 111. The Kier molecular flexibility index (Phi) is 1.86. The van der Waals surface area contributed by atoms with Gasteiger partial charge in [-0.05, 0) is 0 Å². The molecule has 3 atom stereocenters. The second-order valence-corrected chi connectivity index (χ2v) is 11.1. The zero-order valence-corrected chi connectivity index (χ0v) is 11.8. The van der Waals surface area contributed by atoms with E-state index in [-0.39, 0.29) is 24.6 Å². The van der Waals surface area contributed by atoms with Gasteiger partial charge in [-0.25, -0.2) is 0 Å². The van der Waals surface area contributed by atoms with Crippen LogP contribution in [-0.4, -0.2) is 0 Å². The van der Waals surface area contributed by atoms with Crippen molar-refractivity contribution in [2.24, 2.45) is 11.8 Å². The van der Waals surface area contributed by atoms with Gasteiger partial charge in [0.25, 0.3) is 0 Å². The van der Waals surface area contributed by atoms with E-state index in [2.05, 4.69) is 4.43 Å². The molecule has 0 aromatic carbocycles. The molecule has 2 aliphatic rings. The standard InChI is InChI=1S/C7H11.CH3.Hg/c1-2-7-4-3-6(1)5-7;;/h1,6-7H,2-5H2;1H3;. The number of fused-ring (bicyclic) bond motifs is 2. The van der Waals surface area contributed by atoms with Gasteiger partial charge in [0.1, 0.15) is 0 Å². The molecule has 0 radical (unpaired) electrons. The van der Waals surface area contributed by atoms with Crippen molar-refractivity contribution in [1.82, 2.24) is 0 Å². The molecule has 48 valence electrons. The molecule has 2 fully saturated rings. The summed E-state index contributed by atoms with van der Waals surface area (Å²) in [5.41, 5.74) is 0. The van der Waals surface area contributed by atoms with Crippen LogP contribution >= 0.6 is 0 Å². The van der Waals surface area contributed by atoms with E-state index in [1.807, 2.05) is 0 Å². The molecular formula is C8H14Hg. The summed E-state index contributed by atoms with van der Waals surface area (Å²) in [5, 5.41) is 0. The predicted octanol–water partition coefficient (Wildman–Crippen LogP) is 2.73. The summed E-state index contributed by atoms with van der Waals surface area (Å²) in [6.07, 6.45) is 6.51. The molecule has 0 heterocycles. The Hall–Kier alpha value is 0.935. The predicted molar refractivity (Wildman–Crippen MR) is 35.1 cm³/mol. The van der Waals surface area contributed by atoms with Crippen molar-refractivity contribution in [3.63, 3.8) is 0 Å². The minimum atomic E-state index is -0.287. The Balaban J connectivity index is 2.01. The zero-order chi connectivity index (χ0) is 6.27. The van der Waals surface area contributed by atoms with Gasteiger partial charge in [-0.15, -0.1) is 0 Å². The fourth-order valence-electron chi connectivity index (χ4n) is 2.88. The molecular weight excluding hydrogens is 297 g/mol. The fraction of sp³-hybridized carbons (Fsp3) is 1.00. The van der Waals surface area contributed by atoms with Gasteiger partial charge in [-0.2, -0.15) is 0 Å². The van der Waals surface area contributed by atoms with E-state index in [0.29, 0.717) is 0 Å². The van der Waals surface area contributed by atoms with Crippen LogP contribution in [0.2, 0.25) is 7.86 Å². The Morgan fingerprint density at radius 2 is 2.11 bits per heavy atom. The van der Waals surface area contributed by atoms with Crippen LogP contribution in [0.3, 0.4) is 0 Å². The molecule has 3 unspecified atom stereocenters. The van der Waals surface area contributed by atoms with Gasteiger partial charge in [0.05, 0.1) is 0 Å². The topological polar surface area (TPSA) is 0 Å². The van der Waals surface area contributed by atoms with Crippen LogP contribution in [0.4, 0.5) is 0 Å². The maximum absolute atomic E-state index is 2.57. The summed E-state index contributed by atoms with van der Waals surface area (Å²) < 4.78 is 3.93. The van der Waals surface area contributed by atoms with Crippen LogP contribution in [0.15, 0.2) is 0 Å². The number of rotatable bonds is 1. The van der Waals surface area contributed by atoms with E-state index in [1.54, 1.807) is 25.7 Å². The maximum atomic E-state index is 2.57. The number of hydrogen-bond acceptors (Lipinski definition) is 0. The van der Waals surface area contributed by atoms with Crippen molar-refractivity contribution in [1.29, 1.82) is 0 Å². The van der Waals surface area contributed by atoms with Gasteiger partial charge in [0, 0.05) is 0 Å². The minimum absolute atomic E-state index is 0.287. The van der Waals surface area contributed by atoms with Crippen molar-refractivity contribution in [3.05, 3.63) is 0 Å². The van der Waals surface area contributed by atoms with Crippen LogP contribution < -0.4 is 0 Å². The van der Waals surface area contributed by atoms with Gasteiger partial charge >= 0.3 is 70.0 Å². The first kappa shape index (κ1) is 6.63. The molecule has 2 saturated carbocycles. The van der Waals surface area contributed by atoms with Crippen molar-refractivity contribution >= 4 is 0 Å². The van der Waals surface area contributed by atoms with Crippen LogP contribution in [0.5, 0.6) is 0 Å². The van der Waals surface area contributed by atoms with Crippen molar-refractivity contribution in [2.75, 3.05) is 0 Å². The second kappa shape index (κ2) is 2.52. The first-order chi connectivity index (χ1) is 4.40. The van der Waals surface area contributed by atoms with Gasteiger partial charge in [0.2, 0.25) is 0 Å². The van der Waals surface area contributed by atoms with Crippen LogP contribution in [0, 0.1) is 11.8 Å². The quantitative estimate of drug-likeness (QED) is 0.653. The molecule has 0 saturated heterocycles. The van der Waals surface area contributed by atoms with E-state index < -0.39 is 0 Å². The average molecular weight is 311 g/mol. The molecule has 2 aliphatic carbocycles. The Morgan fingerprint density at radius 1 is 1.22 bits per heavy atom. The van der Waals surface area contributed by atoms with E-state index in [9.17, 15) is 0 Å². The zero-order valence-electron chi connectivity index (χ0n) is 6.27. The van der Waals surface area contributed by atoms with Gasteiger partial charge < -0.3 is 0 Å². The fourth-order valence-corrected chi connectivity index (χ4v) is 10.3. The Labute approximate surface area is 69.8 Å². The van der Waals surface area contributed by atoms with Crippen molar-refractivity contribution < 1.29 is 24.6 Å². The van der Waals surface area contributed by atoms with Crippen LogP contribution in [-0.2, 0) is 24.6 Å². The summed E-state index contributed by atoms with van der Waals surface area (Å²) in [4.78, 5) is 0. The molecule has 0 aromatic heterocycles. The van der Waals surface area contributed by atoms with E-state index >= 15 is 0 Å². The molecule has 2 rings (SSSR count). The third-order valence-electron chi connectivity index (χ3n) is 3.41. The normalized spacial score (nSPS) is 47.4. The van der Waals surface area contributed by atoms with Crippen molar-refractivity contribution in [2.45, 2.75) is 33.5 Å². The third kappa shape index (κ3) is 1.08. The van der Waals surface area contributed by atoms with E-state index in [1.165, 1.54) is 15.3 Å². The van der Waals surface area contributed by atoms with Gasteiger partial charge in [-0.3, -0.25) is 0 Å². The monoisotopic (exact) mass is 312 g/mol. The molecule has 0 spiro atoms. The molecule has 1 heteroatoms. The summed E-state index contributed by atoms with van der Waals surface area (Å²) in [6, 6.07) is 0. The van der Waals surface area contributed by atoms with E-state index in [0.717, 1.165) is 0 Å². The third-order valence-corrected chi connectivity index (χ3v) is 11.4. The average Bonchev–Trinajstić information content (AvgIpc) is 2.45. The summed E-state index contributed by atoms with van der Waals surface area (Å²) >= 11 is -0.287.